The minimum absolute atomic E-state index is 0.104. The molecule has 1 heterocycles. The Bertz CT molecular complexity index is 523. The number of rotatable bonds is 4. The molecule has 0 unspecified atom stereocenters. The summed E-state index contributed by atoms with van der Waals surface area (Å²) in [5, 5.41) is 6.45. The molecule has 0 fully saturated rings. The lowest BCUT2D eigenvalue weighted by atomic mass is 10.6. The van der Waals surface area contributed by atoms with Gasteiger partial charge in [0.05, 0.1) is 20.3 Å². The number of nitrogens with one attached hydrogen (secondary N) is 1. The van der Waals surface area contributed by atoms with Crippen LogP contribution < -0.4 is 19.9 Å². The third-order valence-electron chi connectivity index (χ3n) is 1.50. The van der Waals surface area contributed by atoms with Gasteiger partial charge < -0.3 is 13.7 Å². The standard InChI is InChI=1S/C7H10N4O6S/c1-15-4-3-5(16-2)10-6(9-4)11-7(12)17-18(8,13)14/h3H,1-2H3,(H2,8,13,14)(H,9,10,11,12). The number of methoxy groups -OCH3 is 2. The van der Waals surface area contributed by atoms with Crippen molar-refractivity contribution in [1.29, 1.82) is 0 Å². The Hall–Kier alpha value is -2.14. The predicted octanol–water partition coefficient (Wildman–Crippen LogP) is -0.754. The lowest BCUT2D eigenvalue weighted by Gasteiger charge is -2.06. The molecule has 0 aromatic carbocycles. The largest absolute Gasteiger partial charge is 0.481 e. The fourth-order valence-corrected chi connectivity index (χ4v) is 1.14. The van der Waals surface area contributed by atoms with E-state index in [2.05, 4.69) is 19.3 Å². The molecule has 0 spiro atoms. The molecule has 11 heteroatoms. The van der Waals surface area contributed by atoms with E-state index in [1.165, 1.54) is 20.3 Å². The maximum absolute atomic E-state index is 11.1. The molecule has 18 heavy (non-hydrogen) atoms. The molecule has 100 valence electrons. The first kappa shape index (κ1) is 13.9. The smallest absolute Gasteiger partial charge is 0.430 e. The first-order chi connectivity index (χ1) is 8.34. The van der Waals surface area contributed by atoms with Crippen LogP contribution in [0.3, 0.4) is 0 Å². The van der Waals surface area contributed by atoms with E-state index in [1.54, 1.807) is 0 Å². The van der Waals surface area contributed by atoms with E-state index in [0.717, 1.165) is 0 Å². The number of nitrogens with zero attached hydrogens (tertiary/aromatic N) is 2. The highest BCUT2D eigenvalue weighted by Crippen LogP contribution is 2.17. The monoisotopic (exact) mass is 278 g/mol. The molecule has 1 rings (SSSR count). The number of nitrogens with two attached hydrogens (primary N) is 1. The molecule has 0 aliphatic heterocycles. The van der Waals surface area contributed by atoms with E-state index in [-0.39, 0.29) is 17.7 Å². The quantitative estimate of drug-likeness (QED) is 0.731. The molecular weight excluding hydrogens is 268 g/mol. The van der Waals surface area contributed by atoms with Crippen LogP contribution in [0.15, 0.2) is 6.07 Å². The van der Waals surface area contributed by atoms with Crippen LogP contribution in [0.5, 0.6) is 11.8 Å². The second kappa shape index (κ2) is 5.46. The predicted molar refractivity (Wildman–Crippen MR) is 58.3 cm³/mol. The maximum Gasteiger partial charge on any atom is 0.430 e. The number of ether oxygens (including phenoxy) is 2. The van der Waals surface area contributed by atoms with Crippen molar-refractivity contribution in [2.45, 2.75) is 0 Å². The van der Waals surface area contributed by atoms with Gasteiger partial charge in [-0.05, 0) is 0 Å². The number of amides is 1. The minimum Gasteiger partial charge on any atom is -0.481 e. The number of hydrogen-bond donors (Lipinski definition) is 2. The molecular formula is C7H10N4O6S. The van der Waals surface area contributed by atoms with Crippen molar-refractivity contribution in [2.75, 3.05) is 19.5 Å². The van der Waals surface area contributed by atoms with Gasteiger partial charge in [0.1, 0.15) is 0 Å². The molecule has 3 N–H and O–H groups in total. The zero-order chi connectivity index (χ0) is 13.8. The van der Waals surface area contributed by atoms with Gasteiger partial charge in [-0.15, -0.1) is 0 Å². The molecule has 0 radical (unpaired) electrons. The van der Waals surface area contributed by atoms with Crippen molar-refractivity contribution < 1.29 is 26.9 Å². The van der Waals surface area contributed by atoms with Crippen molar-refractivity contribution in [1.82, 2.24) is 9.97 Å². The van der Waals surface area contributed by atoms with Gasteiger partial charge in [0.15, 0.2) is 0 Å². The third kappa shape index (κ3) is 4.39. The van der Waals surface area contributed by atoms with Crippen molar-refractivity contribution in [2.24, 2.45) is 5.14 Å². The zero-order valence-electron chi connectivity index (χ0n) is 9.41. The summed E-state index contributed by atoms with van der Waals surface area (Å²) in [5.74, 6) is -0.0552. The van der Waals surface area contributed by atoms with Crippen LogP contribution >= 0.6 is 0 Å². The summed E-state index contributed by atoms with van der Waals surface area (Å²) in [6.07, 6.45) is -1.35. The molecule has 1 aromatic heterocycles. The Kier molecular flexibility index (Phi) is 4.23. The Morgan fingerprint density at radius 3 is 2.17 bits per heavy atom. The number of carbonyl (C=O) groups excluding carboxylic acids is 1. The third-order valence-corrected chi connectivity index (χ3v) is 1.89. The van der Waals surface area contributed by atoms with Crippen LogP contribution in [0, 0.1) is 0 Å². The van der Waals surface area contributed by atoms with Crippen LogP contribution in [-0.4, -0.2) is 38.7 Å². The SMILES string of the molecule is COc1cc(OC)nc(NC(=O)OS(N)(=O)=O)n1. The van der Waals surface area contributed by atoms with Crippen LogP contribution in [0.25, 0.3) is 0 Å². The van der Waals surface area contributed by atoms with E-state index in [4.69, 9.17) is 9.47 Å². The molecule has 0 bridgehead atoms. The van der Waals surface area contributed by atoms with Crippen LogP contribution in [0.1, 0.15) is 0 Å². The molecule has 0 aliphatic carbocycles. The summed E-state index contributed by atoms with van der Waals surface area (Å²) in [6, 6.07) is 1.36. The average molecular weight is 278 g/mol. The summed E-state index contributed by atoms with van der Waals surface area (Å²) in [4.78, 5) is 18.5. The summed E-state index contributed by atoms with van der Waals surface area (Å²) >= 11 is 0. The van der Waals surface area contributed by atoms with Crippen molar-refractivity contribution in [3.63, 3.8) is 0 Å². The Balaban J connectivity index is 2.87. The van der Waals surface area contributed by atoms with Crippen LogP contribution in [0.2, 0.25) is 0 Å². The summed E-state index contributed by atoms with van der Waals surface area (Å²) < 4.78 is 34.4. The van der Waals surface area contributed by atoms with Gasteiger partial charge in [-0.25, -0.2) is 4.79 Å². The molecule has 0 aliphatic rings. The van der Waals surface area contributed by atoms with E-state index >= 15 is 0 Å². The summed E-state index contributed by atoms with van der Waals surface area (Å²) in [5.41, 5.74) is 0. The van der Waals surface area contributed by atoms with Crippen molar-refractivity contribution in [3.05, 3.63) is 6.07 Å². The molecule has 0 atom stereocenters. The van der Waals surface area contributed by atoms with Gasteiger partial charge in [-0.2, -0.15) is 23.5 Å². The topological polar surface area (TPSA) is 143 Å². The fraction of sp³-hybridized carbons (Fsp3) is 0.286. The molecule has 10 nitrogen and oxygen atoms in total. The van der Waals surface area contributed by atoms with E-state index in [9.17, 15) is 13.2 Å². The highest BCUT2D eigenvalue weighted by Gasteiger charge is 2.14. The van der Waals surface area contributed by atoms with Crippen LogP contribution in [-0.2, 0) is 14.5 Å². The fourth-order valence-electron chi connectivity index (χ4n) is 0.887. The molecule has 1 amide bonds. The summed E-state index contributed by atoms with van der Waals surface area (Å²) in [7, 11) is -1.72. The Morgan fingerprint density at radius 1 is 1.28 bits per heavy atom. The van der Waals surface area contributed by atoms with Gasteiger partial charge in [0.25, 0.3) is 0 Å². The first-order valence-corrected chi connectivity index (χ1v) is 5.81. The lowest BCUT2D eigenvalue weighted by molar-refractivity contribution is 0.217. The second-order valence-electron chi connectivity index (χ2n) is 2.76. The minimum atomic E-state index is -4.40. The van der Waals surface area contributed by atoms with Gasteiger partial charge in [0, 0.05) is 0 Å². The highest BCUT2D eigenvalue weighted by atomic mass is 32.2. The molecule has 0 saturated heterocycles. The van der Waals surface area contributed by atoms with E-state index in [0.29, 0.717) is 0 Å². The van der Waals surface area contributed by atoms with Gasteiger partial charge in [-0.3, -0.25) is 5.32 Å². The molecule has 0 saturated carbocycles. The van der Waals surface area contributed by atoms with Gasteiger partial charge in [0.2, 0.25) is 17.7 Å². The zero-order valence-corrected chi connectivity index (χ0v) is 10.2. The summed E-state index contributed by atoms with van der Waals surface area (Å²) in [6.45, 7) is 0. The van der Waals surface area contributed by atoms with Crippen molar-refractivity contribution in [3.8, 4) is 11.8 Å². The van der Waals surface area contributed by atoms with Crippen molar-refractivity contribution >= 4 is 22.3 Å². The highest BCUT2D eigenvalue weighted by molar-refractivity contribution is 7.84. The molecule has 1 aromatic rings. The number of carbonyl (C=O) groups is 1. The van der Waals surface area contributed by atoms with Crippen LogP contribution in [0.4, 0.5) is 10.7 Å². The normalized spacial score (nSPS) is 10.6. The van der Waals surface area contributed by atoms with Gasteiger partial charge >= 0.3 is 16.4 Å². The second-order valence-corrected chi connectivity index (χ2v) is 3.92. The van der Waals surface area contributed by atoms with E-state index in [1.807, 2.05) is 5.32 Å². The lowest BCUT2D eigenvalue weighted by Crippen LogP contribution is -2.24. The van der Waals surface area contributed by atoms with E-state index < -0.39 is 16.4 Å². The van der Waals surface area contributed by atoms with Gasteiger partial charge in [-0.1, -0.05) is 0 Å². The maximum atomic E-state index is 11.1. The number of hydrogen-bond acceptors (Lipinski definition) is 8. The number of anilines is 1. The Labute approximate surface area is 102 Å². The number of aromatic nitrogens is 2. The average Bonchev–Trinajstić information content (AvgIpc) is 2.25. The first-order valence-electron chi connectivity index (χ1n) is 4.34. The Morgan fingerprint density at radius 2 is 1.78 bits per heavy atom.